The van der Waals surface area contributed by atoms with Crippen LogP contribution in [0.2, 0.25) is 0 Å². The van der Waals surface area contributed by atoms with Gasteiger partial charge in [0.1, 0.15) is 29.6 Å². The fourth-order valence-electron chi connectivity index (χ4n) is 3.54. The molecule has 0 unspecified atom stereocenters. The Morgan fingerprint density at radius 2 is 1.74 bits per heavy atom. The molecule has 1 fully saturated rings. The maximum absolute atomic E-state index is 13.9. The third kappa shape index (κ3) is 5.41. The van der Waals surface area contributed by atoms with E-state index >= 15 is 0 Å². The van der Waals surface area contributed by atoms with Crippen LogP contribution in [0.25, 0.3) is 6.08 Å². The highest BCUT2D eigenvalue weighted by molar-refractivity contribution is 7.80. The Balaban J connectivity index is 1.54. The van der Waals surface area contributed by atoms with Crippen LogP contribution in [0.15, 0.2) is 66.4 Å². The summed E-state index contributed by atoms with van der Waals surface area (Å²) in [6.45, 7) is 2.41. The predicted octanol–water partition coefficient (Wildman–Crippen LogP) is 5.21. The number of carbonyl (C=O) groups is 1. The first-order chi connectivity index (χ1) is 16.9. The summed E-state index contributed by atoms with van der Waals surface area (Å²) in [6, 6.07) is 15.4. The van der Waals surface area contributed by atoms with Gasteiger partial charge in [-0.15, -0.1) is 0 Å². The van der Waals surface area contributed by atoms with Crippen molar-refractivity contribution in [3.8, 4) is 17.2 Å². The van der Waals surface area contributed by atoms with E-state index in [1.54, 1.807) is 48.5 Å². The van der Waals surface area contributed by atoms with Crippen LogP contribution in [-0.2, 0) is 11.4 Å². The predicted molar refractivity (Wildman–Crippen MR) is 132 cm³/mol. The number of amides is 1. The van der Waals surface area contributed by atoms with Gasteiger partial charge in [-0.05, 0) is 79.3 Å². The van der Waals surface area contributed by atoms with Gasteiger partial charge in [-0.2, -0.15) is 0 Å². The number of nitrogens with zero attached hydrogens (tertiary/aromatic N) is 1. The zero-order chi connectivity index (χ0) is 24.9. The number of nitrogens with one attached hydrogen (secondary N) is 1. The summed E-state index contributed by atoms with van der Waals surface area (Å²) >= 11 is 5.38. The first-order valence-corrected chi connectivity index (χ1v) is 11.1. The van der Waals surface area contributed by atoms with E-state index in [1.165, 1.54) is 18.1 Å². The van der Waals surface area contributed by atoms with Crippen molar-refractivity contribution >= 4 is 35.0 Å². The molecule has 180 valence electrons. The molecule has 0 atom stereocenters. The van der Waals surface area contributed by atoms with Crippen molar-refractivity contribution in [1.82, 2.24) is 5.32 Å². The third-order valence-electron chi connectivity index (χ3n) is 5.18. The second kappa shape index (κ2) is 10.5. The van der Waals surface area contributed by atoms with Gasteiger partial charge in [0.05, 0.1) is 19.4 Å². The zero-order valence-electron chi connectivity index (χ0n) is 19.0. The van der Waals surface area contributed by atoms with E-state index < -0.39 is 11.6 Å². The van der Waals surface area contributed by atoms with E-state index in [-0.39, 0.29) is 23.4 Å². The third-order valence-corrected chi connectivity index (χ3v) is 5.46. The van der Waals surface area contributed by atoms with Crippen molar-refractivity contribution in [1.29, 1.82) is 0 Å². The Labute approximate surface area is 206 Å². The van der Waals surface area contributed by atoms with E-state index in [0.717, 1.165) is 12.1 Å². The van der Waals surface area contributed by atoms with Gasteiger partial charge >= 0.3 is 0 Å². The maximum atomic E-state index is 13.9. The summed E-state index contributed by atoms with van der Waals surface area (Å²) in [5.74, 6) is -0.654. The standard InChI is InChI=1S/C26H22F2N2O4S/c1-3-33-20-8-6-19(7-9-20)30-25(31)22(29-26(30)35)13-16-4-10-23(32-2)17(12-16)15-34-24-11-5-18(27)14-21(24)28/h4-14H,3,15H2,1-2H3,(H,29,35)/b22-13+. The number of rotatable bonds is 8. The lowest BCUT2D eigenvalue weighted by Crippen LogP contribution is -2.30. The number of methoxy groups -OCH3 is 1. The van der Waals surface area contributed by atoms with Gasteiger partial charge in [0.25, 0.3) is 5.91 Å². The van der Waals surface area contributed by atoms with Crippen LogP contribution in [-0.4, -0.2) is 24.7 Å². The van der Waals surface area contributed by atoms with Crippen LogP contribution in [0, 0.1) is 11.6 Å². The molecule has 4 rings (SSSR count). The van der Waals surface area contributed by atoms with Gasteiger partial charge in [0, 0.05) is 11.6 Å². The molecule has 0 saturated carbocycles. The molecule has 1 N–H and O–H groups in total. The number of benzene rings is 3. The zero-order valence-corrected chi connectivity index (χ0v) is 19.8. The highest BCUT2D eigenvalue weighted by Crippen LogP contribution is 2.27. The molecule has 0 aliphatic carbocycles. The van der Waals surface area contributed by atoms with Crippen molar-refractivity contribution in [3.63, 3.8) is 0 Å². The number of carbonyl (C=O) groups excluding carboxylic acids is 1. The fraction of sp³-hybridized carbons (Fsp3) is 0.154. The minimum absolute atomic E-state index is 0.0270. The summed E-state index contributed by atoms with van der Waals surface area (Å²) in [5, 5.41) is 3.21. The van der Waals surface area contributed by atoms with Crippen molar-refractivity contribution in [2.75, 3.05) is 18.6 Å². The van der Waals surface area contributed by atoms with Crippen molar-refractivity contribution < 1.29 is 27.8 Å². The highest BCUT2D eigenvalue weighted by atomic mass is 32.1. The number of thiocarbonyl (C=S) groups is 1. The molecule has 3 aromatic rings. The van der Waals surface area contributed by atoms with Gasteiger partial charge in [-0.25, -0.2) is 8.78 Å². The number of halogens is 2. The SMILES string of the molecule is CCOc1ccc(N2C(=O)/C(=C\c3ccc(OC)c(COc4ccc(F)cc4F)c3)NC2=S)cc1. The van der Waals surface area contributed by atoms with Crippen LogP contribution in [0.1, 0.15) is 18.1 Å². The monoisotopic (exact) mass is 496 g/mol. The van der Waals surface area contributed by atoms with Gasteiger partial charge < -0.3 is 19.5 Å². The molecular weight excluding hydrogens is 474 g/mol. The van der Waals surface area contributed by atoms with Gasteiger partial charge in [0.15, 0.2) is 16.7 Å². The molecule has 1 heterocycles. The van der Waals surface area contributed by atoms with Crippen LogP contribution >= 0.6 is 12.2 Å². The Morgan fingerprint density at radius 1 is 1.00 bits per heavy atom. The molecular formula is C26H22F2N2O4S. The second-order valence-electron chi connectivity index (χ2n) is 7.49. The molecule has 0 aromatic heterocycles. The van der Waals surface area contributed by atoms with Gasteiger partial charge in [-0.3, -0.25) is 9.69 Å². The average Bonchev–Trinajstić information content (AvgIpc) is 3.12. The normalized spacial score (nSPS) is 14.3. The summed E-state index contributed by atoms with van der Waals surface area (Å²) in [6.07, 6.45) is 1.66. The van der Waals surface area contributed by atoms with E-state index in [0.29, 0.717) is 40.6 Å². The summed E-state index contributed by atoms with van der Waals surface area (Å²) in [5.41, 5.74) is 2.20. The maximum Gasteiger partial charge on any atom is 0.281 e. The highest BCUT2D eigenvalue weighted by Gasteiger charge is 2.32. The lowest BCUT2D eigenvalue weighted by Gasteiger charge is -2.14. The first-order valence-electron chi connectivity index (χ1n) is 10.7. The molecule has 35 heavy (non-hydrogen) atoms. The average molecular weight is 497 g/mol. The molecule has 1 aliphatic heterocycles. The van der Waals surface area contributed by atoms with Crippen molar-refractivity contribution in [2.45, 2.75) is 13.5 Å². The Bertz CT molecular complexity index is 1300. The second-order valence-corrected chi connectivity index (χ2v) is 7.88. The minimum Gasteiger partial charge on any atom is -0.496 e. The summed E-state index contributed by atoms with van der Waals surface area (Å²) < 4.78 is 43.4. The number of hydrogen-bond donors (Lipinski definition) is 1. The first kappa shape index (κ1) is 24.2. The number of anilines is 1. The Morgan fingerprint density at radius 3 is 2.43 bits per heavy atom. The largest absolute Gasteiger partial charge is 0.496 e. The molecule has 1 aliphatic rings. The van der Waals surface area contributed by atoms with Crippen LogP contribution in [0.4, 0.5) is 14.5 Å². The molecule has 0 spiro atoms. The Hall–Kier alpha value is -3.98. The fourth-order valence-corrected chi connectivity index (χ4v) is 3.84. The van der Waals surface area contributed by atoms with Gasteiger partial charge in [0.2, 0.25) is 0 Å². The van der Waals surface area contributed by atoms with E-state index in [4.69, 9.17) is 26.4 Å². The summed E-state index contributed by atoms with van der Waals surface area (Å²) in [7, 11) is 1.50. The quantitative estimate of drug-likeness (QED) is 0.341. The van der Waals surface area contributed by atoms with E-state index in [9.17, 15) is 13.6 Å². The molecule has 6 nitrogen and oxygen atoms in total. The van der Waals surface area contributed by atoms with Crippen LogP contribution in [0.5, 0.6) is 17.2 Å². The molecule has 1 saturated heterocycles. The molecule has 0 radical (unpaired) electrons. The lowest BCUT2D eigenvalue weighted by molar-refractivity contribution is -0.113. The number of hydrogen-bond acceptors (Lipinski definition) is 5. The molecule has 0 bridgehead atoms. The van der Waals surface area contributed by atoms with Crippen LogP contribution < -0.4 is 24.4 Å². The smallest absolute Gasteiger partial charge is 0.281 e. The molecule has 3 aromatic carbocycles. The molecule has 9 heteroatoms. The molecule has 1 amide bonds. The number of ether oxygens (including phenoxy) is 3. The van der Waals surface area contributed by atoms with E-state index in [1.807, 2.05) is 6.92 Å². The Kier molecular flexibility index (Phi) is 7.26. The van der Waals surface area contributed by atoms with Crippen molar-refractivity contribution in [3.05, 3.63) is 89.1 Å². The topological polar surface area (TPSA) is 60.0 Å². The minimum atomic E-state index is -0.800. The van der Waals surface area contributed by atoms with Crippen molar-refractivity contribution in [2.24, 2.45) is 0 Å². The van der Waals surface area contributed by atoms with Gasteiger partial charge in [-0.1, -0.05) is 6.07 Å². The lowest BCUT2D eigenvalue weighted by atomic mass is 10.1. The summed E-state index contributed by atoms with van der Waals surface area (Å²) in [4.78, 5) is 14.5. The van der Waals surface area contributed by atoms with E-state index in [2.05, 4.69) is 5.32 Å². The van der Waals surface area contributed by atoms with Crippen LogP contribution in [0.3, 0.4) is 0 Å².